The number of sulfonamides is 1. The van der Waals surface area contributed by atoms with Crippen molar-refractivity contribution in [3.05, 3.63) is 35.1 Å². The number of hydrogen-bond donors (Lipinski definition) is 2. The van der Waals surface area contributed by atoms with Crippen molar-refractivity contribution in [1.82, 2.24) is 9.78 Å². The molecule has 0 radical (unpaired) electrons. The van der Waals surface area contributed by atoms with Gasteiger partial charge in [-0.05, 0) is 34.1 Å². The Morgan fingerprint density at radius 2 is 2.17 bits per heavy atom. The lowest BCUT2D eigenvalue weighted by molar-refractivity contribution is 0.601. The fraction of sp³-hybridized carbons (Fsp3) is 0.100. The van der Waals surface area contributed by atoms with E-state index in [1.165, 1.54) is 16.9 Å². The number of hydrogen-bond acceptors (Lipinski definition) is 4. The van der Waals surface area contributed by atoms with Gasteiger partial charge in [-0.25, -0.2) is 8.42 Å². The van der Waals surface area contributed by atoms with Crippen LogP contribution in [0.1, 0.15) is 0 Å². The zero-order valence-electron chi connectivity index (χ0n) is 9.46. The molecule has 8 heteroatoms. The summed E-state index contributed by atoms with van der Waals surface area (Å²) in [6, 6.07) is 4.60. The van der Waals surface area contributed by atoms with Crippen LogP contribution in [0, 0.1) is 0 Å². The molecule has 0 saturated carbocycles. The molecule has 96 valence electrons. The lowest BCUT2D eigenvalue weighted by Gasteiger charge is -2.08. The van der Waals surface area contributed by atoms with E-state index in [1.807, 2.05) is 0 Å². The van der Waals surface area contributed by atoms with Gasteiger partial charge in [-0.2, -0.15) is 5.10 Å². The number of anilines is 2. The third-order valence-electron chi connectivity index (χ3n) is 2.20. The molecule has 0 unspecified atom stereocenters. The van der Waals surface area contributed by atoms with Crippen LogP contribution in [0.2, 0.25) is 0 Å². The summed E-state index contributed by atoms with van der Waals surface area (Å²) < 4.78 is 28.7. The van der Waals surface area contributed by atoms with Gasteiger partial charge >= 0.3 is 0 Å². The summed E-state index contributed by atoms with van der Waals surface area (Å²) in [6.45, 7) is 0. The third-order valence-corrected chi connectivity index (χ3v) is 4.58. The highest BCUT2D eigenvalue weighted by atomic mass is 79.9. The molecule has 0 amide bonds. The van der Waals surface area contributed by atoms with E-state index >= 15 is 0 Å². The van der Waals surface area contributed by atoms with Gasteiger partial charge in [-0.15, -0.1) is 0 Å². The van der Waals surface area contributed by atoms with Crippen LogP contribution in [0.25, 0.3) is 0 Å². The normalized spacial score (nSPS) is 11.4. The Labute approximate surface area is 113 Å². The predicted octanol–water partition coefficient (Wildman–Crippen LogP) is 1.57. The quantitative estimate of drug-likeness (QED) is 0.836. The number of rotatable bonds is 3. The van der Waals surface area contributed by atoms with Gasteiger partial charge in [0.05, 0.1) is 11.9 Å². The van der Waals surface area contributed by atoms with Crippen LogP contribution in [0.4, 0.5) is 11.4 Å². The van der Waals surface area contributed by atoms with E-state index in [2.05, 4.69) is 25.8 Å². The average Bonchev–Trinajstić information content (AvgIpc) is 2.66. The van der Waals surface area contributed by atoms with E-state index in [-0.39, 0.29) is 4.90 Å². The van der Waals surface area contributed by atoms with Crippen molar-refractivity contribution in [2.45, 2.75) is 4.90 Å². The highest BCUT2D eigenvalue weighted by molar-refractivity contribution is 9.10. The van der Waals surface area contributed by atoms with Gasteiger partial charge in [0.2, 0.25) is 0 Å². The molecule has 0 saturated heterocycles. The smallest absolute Gasteiger partial charge is 0.263 e. The topological polar surface area (TPSA) is 90.0 Å². The van der Waals surface area contributed by atoms with Crippen molar-refractivity contribution in [2.75, 3.05) is 10.5 Å². The monoisotopic (exact) mass is 330 g/mol. The first-order valence-electron chi connectivity index (χ1n) is 4.95. The molecule has 0 aliphatic heterocycles. The minimum absolute atomic E-state index is 0.0892. The molecule has 3 N–H and O–H groups in total. The van der Waals surface area contributed by atoms with E-state index in [0.29, 0.717) is 15.8 Å². The number of nitrogens with zero attached hydrogens (tertiary/aromatic N) is 2. The molecule has 2 rings (SSSR count). The van der Waals surface area contributed by atoms with Crippen LogP contribution in [-0.2, 0) is 17.1 Å². The van der Waals surface area contributed by atoms with E-state index in [4.69, 9.17) is 5.73 Å². The van der Waals surface area contributed by atoms with E-state index in [1.54, 1.807) is 25.4 Å². The lowest BCUT2D eigenvalue weighted by atomic mass is 10.3. The predicted molar refractivity (Wildman–Crippen MR) is 72.6 cm³/mol. The fourth-order valence-corrected chi connectivity index (χ4v) is 3.44. The zero-order valence-corrected chi connectivity index (χ0v) is 11.9. The number of nitrogen functional groups attached to an aromatic ring is 1. The molecule has 0 atom stereocenters. The van der Waals surface area contributed by atoms with Crippen molar-refractivity contribution < 1.29 is 8.42 Å². The van der Waals surface area contributed by atoms with Crippen LogP contribution in [0.3, 0.4) is 0 Å². The maximum Gasteiger partial charge on any atom is 0.263 e. The van der Waals surface area contributed by atoms with E-state index in [0.717, 1.165) is 0 Å². The molecule has 2 aromatic rings. The Bertz CT molecular complexity index is 681. The summed E-state index contributed by atoms with van der Waals surface area (Å²) in [5.41, 5.74) is 6.37. The maximum absolute atomic E-state index is 12.2. The first-order chi connectivity index (χ1) is 8.38. The maximum atomic E-state index is 12.2. The molecular weight excluding hydrogens is 320 g/mol. The second-order valence-corrected chi connectivity index (χ2v) is 6.20. The van der Waals surface area contributed by atoms with Crippen LogP contribution in [0.15, 0.2) is 40.0 Å². The number of nitrogens with one attached hydrogen (secondary N) is 1. The first kappa shape index (κ1) is 12.9. The second kappa shape index (κ2) is 4.62. The summed E-state index contributed by atoms with van der Waals surface area (Å²) in [4.78, 5) is 0.0892. The number of benzene rings is 1. The van der Waals surface area contributed by atoms with Gasteiger partial charge in [0.1, 0.15) is 4.90 Å². The molecule has 0 bridgehead atoms. The third kappa shape index (κ3) is 2.65. The SMILES string of the molecule is Cn1cc(NS(=O)(=O)c2cc(N)ccc2Br)cn1. The van der Waals surface area contributed by atoms with Crippen molar-refractivity contribution >= 4 is 37.3 Å². The molecule has 0 aliphatic carbocycles. The van der Waals surface area contributed by atoms with Gasteiger partial charge in [-0.3, -0.25) is 9.40 Å². The molecule has 1 heterocycles. The lowest BCUT2D eigenvalue weighted by Crippen LogP contribution is -2.13. The van der Waals surface area contributed by atoms with E-state index < -0.39 is 10.0 Å². The summed E-state index contributed by atoms with van der Waals surface area (Å²) >= 11 is 3.19. The van der Waals surface area contributed by atoms with Crippen molar-refractivity contribution in [1.29, 1.82) is 0 Å². The van der Waals surface area contributed by atoms with Crippen LogP contribution >= 0.6 is 15.9 Å². The fourth-order valence-electron chi connectivity index (χ4n) is 1.41. The number of aromatic nitrogens is 2. The van der Waals surface area contributed by atoms with Crippen molar-refractivity contribution in [3.63, 3.8) is 0 Å². The van der Waals surface area contributed by atoms with Crippen LogP contribution in [-0.4, -0.2) is 18.2 Å². The molecule has 18 heavy (non-hydrogen) atoms. The standard InChI is InChI=1S/C10H11BrN4O2S/c1-15-6-8(5-13-15)14-18(16,17)10-4-7(12)2-3-9(10)11/h2-6,14H,12H2,1H3. The average molecular weight is 331 g/mol. The molecule has 0 fully saturated rings. The Morgan fingerprint density at radius 3 is 2.78 bits per heavy atom. The Balaban J connectivity index is 2.39. The van der Waals surface area contributed by atoms with Gasteiger partial charge in [0, 0.05) is 23.4 Å². The Hall–Kier alpha value is -1.54. The molecule has 0 aliphatic rings. The van der Waals surface area contributed by atoms with Crippen molar-refractivity contribution in [2.24, 2.45) is 7.05 Å². The highest BCUT2D eigenvalue weighted by Gasteiger charge is 2.18. The molecule has 0 spiro atoms. The number of aryl methyl sites for hydroxylation is 1. The second-order valence-electron chi connectivity index (χ2n) is 3.70. The minimum atomic E-state index is -3.68. The largest absolute Gasteiger partial charge is 0.399 e. The van der Waals surface area contributed by atoms with Crippen LogP contribution < -0.4 is 10.5 Å². The number of halogens is 1. The minimum Gasteiger partial charge on any atom is -0.399 e. The molecular formula is C10H11BrN4O2S. The number of nitrogens with two attached hydrogens (primary N) is 1. The molecule has 1 aromatic carbocycles. The Morgan fingerprint density at radius 1 is 1.44 bits per heavy atom. The summed E-state index contributed by atoms with van der Waals surface area (Å²) in [6.07, 6.45) is 3.00. The highest BCUT2D eigenvalue weighted by Crippen LogP contribution is 2.25. The van der Waals surface area contributed by atoms with Crippen molar-refractivity contribution in [3.8, 4) is 0 Å². The summed E-state index contributed by atoms with van der Waals surface area (Å²) in [5, 5.41) is 3.89. The van der Waals surface area contributed by atoms with E-state index in [9.17, 15) is 8.42 Å². The van der Waals surface area contributed by atoms with Gasteiger partial charge < -0.3 is 5.73 Å². The van der Waals surface area contributed by atoms with Crippen LogP contribution in [0.5, 0.6) is 0 Å². The first-order valence-corrected chi connectivity index (χ1v) is 7.22. The Kier molecular flexibility index (Phi) is 3.31. The summed E-state index contributed by atoms with van der Waals surface area (Å²) in [5.74, 6) is 0. The zero-order chi connectivity index (χ0) is 13.3. The van der Waals surface area contributed by atoms with Gasteiger partial charge in [0.15, 0.2) is 0 Å². The molecule has 6 nitrogen and oxygen atoms in total. The summed E-state index contributed by atoms with van der Waals surface area (Å²) in [7, 11) is -1.98. The van der Waals surface area contributed by atoms with Gasteiger partial charge in [-0.1, -0.05) is 0 Å². The van der Waals surface area contributed by atoms with Gasteiger partial charge in [0.25, 0.3) is 10.0 Å². The molecule has 1 aromatic heterocycles.